The second-order valence-corrected chi connectivity index (χ2v) is 8.55. The molecule has 1 aromatic carbocycles. The molecule has 160 valence electrons. The van der Waals surface area contributed by atoms with Gasteiger partial charge in [0, 0.05) is 37.7 Å². The van der Waals surface area contributed by atoms with Crippen LogP contribution in [0.1, 0.15) is 68.6 Å². The largest absolute Gasteiger partial charge is 0.342 e. The van der Waals surface area contributed by atoms with Crippen molar-refractivity contribution in [1.82, 2.24) is 15.0 Å². The Morgan fingerprint density at radius 1 is 1.27 bits per heavy atom. The number of carbonyl (C=O) groups is 2. The number of benzene rings is 1. The Kier molecular flexibility index (Phi) is 5.88. The van der Waals surface area contributed by atoms with Gasteiger partial charge in [-0.15, -0.1) is 0 Å². The molecule has 3 heterocycles. The third-order valence-corrected chi connectivity index (χ3v) is 6.54. The number of hydrogen-bond donors (Lipinski definition) is 0. The molecule has 2 aromatic rings. The molecule has 2 aliphatic heterocycles. The van der Waals surface area contributed by atoms with Crippen LogP contribution in [0.2, 0.25) is 0 Å². The zero-order valence-electron chi connectivity index (χ0n) is 18.0. The zero-order valence-corrected chi connectivity index (χ0v) is 18.0. The summed E-state index contributed by atoms with van der Waals surface area (Å²) in [5.74, 6) is 1.75. The number of nitrogens with zero attached hydrogens (tertiary/aromatic N) is 4. The Balaban J connectivity index is 1.41. The molecular weight excluding hydrogens is 380 g/mol. The second-order valence-electron chi connectivity index (χ2n) is 8.55. The number of amides is 2. The molecule has 2 atom stereocenters. The number of para-hydroxylation sites is 1. The molecule has 2 saturated heterocycles. The lowest BCUT2D eigenvalue weighted by Crippen LogP contribution is -2.42. The van der Waals surface area contributed by atoms with Crippen LogP contribution < -0.4 is 4.90 Å². The zero-order chi connectivity index (χ0) is 21.3. The summed E-state index contributed by atoms with van der Waals surface area (Å²) in [5, 5.41) is 3.87. The fourth-order valence-electron chi connectivity index (χ4n) is 4.56. The lowest BCUT2D eigenvalue weighted by molar-refractivity contribution is -0.136. The number of carbonyl (C=O) groups excluding carboxylic acids is 2. The van der Waals surface area contributed by atoms with Crippen LogP contribution in [-0.4, -0.2) is 46.5 Å². The van der Waals surface area contributed by atoms with Crippen molar-refractivity contribution in [1.29, 1.82) is 0 Å². The summed E-state index contributed by atoms with van der Waals surface area (Å²) in [6, 6.07) is 8.08. The summed E-state index contributed by atoms with van der Waals surface area (Å²) in [7, 11) is 0. The number of rotatable bonds is 5. The highest BCUT2D eigenvalue weighted by molar-refractivity contribution is 6.00. The van der Waals surface area contributed by atoms with Crippen molar-refractivity contribution in [2.24, 2.45) is 5.92 Å². The highest BCUT2D eigenvalue weighted by atomic mass is 16.5. The van der Waals surface area contributed by atoms with Gasteiger partial charge in [-0.25, -0.2) is 0 Å². The van der Waals surface area contributed by atoms with E-state index in [1.165, 1.54) is 5.56 Å². The van der Waals surface area contributed by atoms with Gasteiger partial charge in [-0.3, -0.25) is 9.59 Å². The van der Waals surface area contributed by atoms with Gasteiger partial charge in [0.05, 0.1) is 5.92 Å². The summed E-state index contributed by atoms with van der Waals surface area (Å²) < 4.78 is 5.30. The van der Waals surface area contributed by atoms with E-state index in [0.29, 0.717) is 37.3 Å². The Hall–Kier alpha value is -2.70. The fraction of sp³-hybridized carbons (Fsp3) is 0.565. The third-order valence-electron chi connectivity index (χ3n) is 6.54. The van der Waals surface area contributed by atoms with Gasteiger partial charge in [-0.05, 0) is 43.7 Å². The van der Waals surface area contributed by atoms with E-state index in [9.17, 15) is 9.59 Å². The summed E-state index contributed by atoms with van der Waals surface area (Å²) in [6.07, 6.45) is 2.93. The van der Waals surface area contributed by atoms with Crippen molar-refractivity contribution in [2.45, 2.75) is 58.3 Å². The van der Waals surface area contributed by atoms with Crippen molar-refractivity contribution in [2.75, 3.05) is 24.5 Å². The molecule has 4 rings (SSSR count). The van der Waals surface area contributed by atoms with E-state index in [4.69, 9.17) is 4.52 Å². The van der Waals surface area contributed by atoms with Gasteiger partial charge in [0.15, 0.2) is 5.82 Å². The molecule has 7 heteroatoms. The third kappa shape index (κ3) is 3.98. The maximum absolute atomic E-state index is 13.1. The van der Waals surface area contributed by atoms with E-state index in [1.807, 2.05) is 34.9 Å². The molecule has 2 amide bonds. The molecule has 1 aromatic heterocycles. The minimum atomic E-state index is -0.273. The monoisotopic (exact) mass is 410 g/mol. The number of aromatic nitrogens is 2. The maximum atomic E-state index is 13.1. The summed E-state index contributed by atoms with van der Waals surface area (Å²) >= 11 is 0. The molecule has 0 aliphatic carbocycles. The van der Waals surface area contributed by atoms with Crippen LogP contribution in [0.15, 0.2) is 28.8 Å². The van der Waals surface area contributed by atoms with Crippen LogP contribution in [0.5, 0.6) is 0 Å². The van der Waals surface area contributed by atoms with Gasteiger partial charge in [-0.1, -0.05) is 37.2 Å². The molecule has 2 aliphatic rings. The molecule has 2 fully saturated rings. The Morgan fingerprint density at radius 3 is 2.67 bits per heavy atom. The van der Waals surface area contributed by atoms with Gasteiger partial charge in [-0.2, -0.15) is 4.98 Å². The van der Waals surface area contributed by atoms with Gasteiger partial charge in [0.25, 0.3) is 0 Å². The quantitative estimate of drug-likeness (QED) is 0.752. The molecule has 2 unspecified atom stereocenters. The van der Waals surface area contributed by atoms with Crippen molar-refractivity contribution in [3.8, 4) is 0 Å². The van der Waals surface area contributed by atoms with Crippen LogP contribution in [0.3, 0.4) is 0 Å². The van der Waals surface area contributed by atoms with Gasteiger partial charge < -0.3 is 14.3 Å². The molecular formula is C23H30N4O3. The van der Waals surface area contributed by atoms with E-state index < -0.39 is 0 Å². The average molecular weight is 411 g/mol. The van der Waals surface area contributed by atoms with Crippen molar-refractivity contribution >= 4 is 17.5 Å². The standard InChI is InChI=1S/C23H30N4O3/c1-4-15(2)19-7-5-6-8-20(19)27-14-18(13-21(27)28)23(29)26-11-9-17(10-12-26)22-24-16(3)25-30-22/h5-8,15,17-18H,4,9-14H2,1-3H3. The number of likely N-dealkylation sites (tertiary alicyclic amines) is 1. The first-order valence-corrected chi connectivity index (χ1v) is 11.0. The first kappa shape index (κ1) is 20.6. The number of anilines is 1. The summed E-state index contributed by atoms with van der Waals surface area (Å²) in [5.41, 5.74) is 2.13. The van der Waals surface area contributed by atoms with E-state index in [2.05, 4.69) is 30.1 Å². The normalized spacial score (nSPS) is 21.3. The minimum Gasteiger partial charge on any atom is -0.342 e. The van der Waals surface area contributed by atoms with Crippen LogP contribution in [0.25, 0.3) is 0 Å². The topological polar surface area (TPSA) is 79.5 Å². The number of piperidine rings is 1. The molecule has 0 N–H and O–H groups in total. The first-order chi connectivity index (χ1) is 14.5. The molecule has 0 radical (unpaired) electrons. The summed E-state index contributed by atoms with van der Waals surface area (Å²) in [6.45, 7) is 7.94. The van der Waals surface area contributed by atoms with E-state index >= 15 is 0 Å². The van der Waals surface area contributed by atoms with Gasteiger partial charge >= 0.3 is 0 Å². The molecule has 0 spiro atoms. The number of aryl methyl sites for hydroxylation is 1. The molecule has 7 nitrogen and oxygen atoms in total. The molecule has 0 saturated carbocycles. The van der Waals surface area contributed by atoms with Crippen LogP contribution >= 0.6 is 0 Å². The highest BCUT2D eigenvalue weighted by Crippen LogP contribution is 2.35. The smallest absolute Gasteiger partial charge is 0.229 e. The second kappa shape index (κ2) is 8.58. The fourth-order valence-corrected chi connectivity index (χ4v) is 4.56. The van der Waals surface area contributed by atoms with Gasteiger partial charge in [0.2, 0.25) is 17.7 Å². The predicted octanol–water partition coefficient (Wildman–Crippen LogP) is 3.65. The van der Waals surface area contributed by atoms with Gasteiger partial charge in [0.1, 0.15) is 0 Å². The van der Waals surface area contributed by atoms with E-state index in [1.54, 1.807) is 0 Å². The molecule has 30 heavy (non-hydrogen) atoms. The maximum Gasteiger partial charge on any atom is 0.229 e. The Labute approximate surface area is 177 Å². The minimum absolute atomic E-state index is 0.0420. The van der Waals surface area contributed by atoms with Crippen molar-refractivity contribution < 1.29 is 14.1 Å². The first-order valence-electron chi connectivity index (χ1n) is 11.0. The van der Waals surface area contributed by atoms with Crippen LogP contribution in [-0.2, 0) is 9.59 Å². The predicted molar refractivity (Wildman–Crippen MR) is 113 cm³/mol. The molecule has 0 bridgehead atoms. The lowest BCUT2D eigenvalue weighted by Gasteiger charge is -2.32. The highest BCUT2D eigenvalue weighted by Gasteiger charge is 2.39. The Bertz CT molecular complexity index is 917. The average Bonchev–Trinajstić information content (AvgIpc) is 3.38. The Morgan fingerprint density at radius 2 is 2.00 bits per heavy atom. The van der Waals surface area contributed by atoms with E-state index in [-0.39, 0.29) is 30.1 Å². The van der Waals surface area contributed by atoms with Crippen LogP contribution in [0.4, 0.5) is 5.69 Å². The lowest BCUT2D eigenvalue weighted by atomic mass is 9.95. The van der Waals surface area contributed by atoms with Crippen LogP contribution in [0, 0.1) is 12.8 Å². The summed E-state index contributed by atoms with van der Waals surface area (Å²) in [4.78, 5) is 34.0. The van der Waals surface area contributed by atoms with E-state index in [0.717, 1.165) is 24.9 Å². The SMILES string of the molecule is CCC(C)c1ccccc1N1CC(C(=O)N2CCC(c3nc(C)no3)CC2)CC1=O. The van der Waals surface area contributed by atoms with Crippen molar-refractivity contribution in [3.63, 3.8) is 0 Å². The van der Waals surface area contributed by atoms with Crippen molar-refractivity contribution in [3.05, 3.63) is 41.5 Å². The number of hydrogen-bond acceptors (Lipinski definition) is 5.